The van der Waals surface area contributed by atoms with Gasteiger partial charge in [0.1, 0.15) is 0 Å². The molecule has 50 valence electrons. The van der Waals surface area contributed by atoms with Gasteiger partial charge in [-0.05, 0) is 0 Å². The van der Waals surface area contributed by atoms with Gasteiger partial charge in [-0.1, -0.05) is 0 Å². The van der Waals surface area contributed by atoms with Gasteiger partial charge in [-0.3, -0.25) is 4.79 Å². The van der Waals surface area contributed by atoms with E-state index in [-0.39, 0.29) is 5.84 Å². The second-order valence-corrected chi connectivity index (χ2v) is 1.63. The molecular weight excluding hydrogens is 124 g/mol. The van der Waals surface area contributed by atoms with E-state index in [2.05, 4.69) is 10.3 Å². The fraction of sp³-hybridized carbons (Fsp3) is 0.500. The SMILES string of the molecule is O=CC1=NC(O)C(O)N1. The maximum absolute atomic E-state index is 9.88. The van der Waals surface area contributed by atoms with Crippen LogP contribution in [0.3, 0.4) is 0 Å². The molecule has 0 fully saturated rings. The highest BCUT2D eigenvalue weighted by atomic mass is 16.4. The molecule has 1 rings (SSSR count). The largest absolute Gasteiger partial charge is 0.369 e. The molecule has 2 unspecified atom stereocenters. The van der Waals surface area contributed by atoms with Gasteiger partial charge in [0, 0.05) is 0 Å². The molecule has 0 aromatic heterocycles. The van der Waals surface area contributed by atoms with E-state index in [0.29, 0.717) is 6.29 Å². The number of carbonyl (C=O) groups is 1. The van der Waals surface area contributed by atoms with Gasteiger partial charge in [-0.15, -0.1) is 0 Å². The Kier molecular flexibility index (Phi) is 1.46. The molecular formula is C4H6N2O3. The Bertz CT molecular complexity index is 156. The summed E-state index contributed by atoms with van der Waals surface area (Å²) in [5.74, 6) is -0.0185. The summed E-state index contributed by atoms with van der Waals surface area (Å²) in [6.07, 6.45) is -1.91. The summed E-state index contributed by atoms with van der Waals surface area (Å²) in [4.78, 5) is 13.2. The van der Waals surface area contributed by atoms with E-state index in [1.807, 2.05) is 0 Å². The summed E-state index contributed by atoms with van der Waals surface area (Å²) in [5.41, 5.74) is 0. The van der Waals surface area contributed by atoms with Crippen LogP contribution >= 0.6 is 0 Å². The summed E-state index contributed by atoms with van der Waals surface area (Å²) in [7, 11) is 0. The van der Waals surface area contributed by atoms with Crippen LogP contribution in [0.25, 0.3) is 0 Å². The van der Waals surface area contributed by atoms with E-state index in [1.54, 1.807) is 0 Å². The van der Waals surface area contributed by atoms with Crippen molar-refractivity contribution in [3.05, 3.63) is 0 Å². The lowest BCUT2D eigenvalue weighted by Gasteiger charge is -2.03. The van der Waals surface area contributed by atoms with Crippen LogP contribution < -0.4 is 5.32 Å². The summed E-state index contributed by atoms with van der Waals surface area (Å²) in [6.45, 7) is 0. The normalized spacial score (nSPS) is 33.3. The number of rotatable bonds is 1. The standard InChI is InChI=1S/C4H6N2O3/c7-1-2-5-3(8)4(9)6-2/h1,3-4,8-9H,(H,5,6). The molecule has 0 saturated heterocycles. The minimum atomic E-state index is -1.20. The number of aliphatic imine (C=N–C) groups is 1. The Labute approximate surface area is 51.0 Å². The first kappa shape index (κ1) is 6.18. The van der Waals surface area contributed by atoms with Crippen molar-refractivity contribution in [1.29, 1.82) is 0 Å². The number of aldehydes is 1. The molecule has 0 spiro atoms. The topological polar surface area (TPSA) is 81.9 Å². The molecule has 3 N–H and O–H groups in total. The summed E-state index contributed by atoms with van der Waals surface area (Å²) in [6, 6.07) is 0. The molecule has 2 atom stereocenters. The highest BCUT2D eigenvalue weighted by Crippen LogP contribution is 1.98. The van der Waals surface area contributed by atoms with E-state index < -0.39 is 12.5 Å². The third-order valence-electron chi connectivity index (χ3n) is 0.961. The number of carbonyl (C=O) groups excluding carboxylic acids is 1. The molecule has 0 aromatic rings. The van der Waals surface area contributed by atoms with Crippen LogP contribution in [-0.2, 0) is 4.79 Å². The predicted octanol–water partition coefficient (Wildman–Crippen LogP) is -2.18. The summed E-state index contributed by atoms with van der Waals surface area (Å²) >= 11 is 0. The van der Waals surface area contributed by atoms with Gasteiger partial charge in [0.2, 0.25) is 0 Å². The fourth-order valence-electron chi connectivity index (χ4n) is 0.541. The maximum atomic E-state index is 9.88. The molecule has 0 saturated carbocycles. The number of hydrogen-bond donors (Lipinski definition) is 3. The molecule has 5 heteroatoms. The lowest BCUT2D eigenvalue weighted by atomic mass is 10.5. The van der Waals surface area contributed by atoms with E-state index >= 15 is 0 Å². The van der Waals surface area contributed by atoms with Crippen molar-refractivity contribution < 1.29 is 15.0 Å². The van der Waals surface area contributed by atoms with Gasteiger partial charge in [-0.2, -0.15) is 0 Å². The van der Waals surface area contributed by atoms with Crippen LogP contribution in [0.15, 0.2) is 4.99 Å². The van der Waals surface area contributed by atoms with Crippen molar-refractivity contribution in [3.8, 4) is 0 Å². The first-order chi connectivity index (χ1) is 4.24. The lowest BCUT2D eigenvalue weighted by Crippen LogP contribution is -2.34. The van der Waals surface area contributed by atoms with Crippen LogP contribution in [0, 0.1) is 0 Å². The van der Waals surface area contributed by atoms with E-state index in [9.17, 15) is 4.79 Å². The van der Waals surface area contributed by atoms with Crippen molar-refractivity contribution in [2.75, 3.05) is 0 Å². The summed E-state index contributed by atoms with van der Waals surface area (Å²) < 4.78 is 0. The minimum absolute atomic E-state index is 0.0185. The third-order valence-corrected chi connectivity index (χ3v) is 0.961. The van der Waals surface area contributed by atoms with Crippen molar-refractivity contribution in [3.63, 3.8) is 0 Å². The van der Waals surface area contributed by atoms with Crippen LogP contribution in [0.5, 0.6) is 0 Å². The smallest absolute Gasteiger partial charge is 0.192 e. The van der Waals surface area contributed by atoms with Crippen molar-refractivity contribution in [2.45, 2.75) is 12.5 Å². The Morgan fingerprint density at radius 3 is 2.56 bits per heavy atom. The van der Waals surface area contributed by atoms with E-state index in [0.717, 1.165) is 0 Å². The average Bonchev–Trinajstić information content (AvgIpc) is 2.13. The zero-order chi connectivity index (χ0) is 6.85. The van der Waals surface area contributed by atoms with Crippen molar-refractivity contribution >= 4 is 12.1 Å². The Morgan fingerprint density at radius 1 is 1.67 bits per heavy atom. The van der Waals surface area contributed by atoms with Crippen molar-refractivity contribution in [1.82, 2.24) is 5.32 Å². The highest BCUT2D eigenvalue weighted by molar-refractivity contribution is 6.27. The van der Waals surface area contributed by atoms with Gasteiger partial charge in [0.05, 0.1) is 0 Å². The number of nitrogens with zero attached hydrogens (tertiary/aromatic N) is 1. The highest BCUT2D eigenvalue weighted by Gasteiger charge is 2.22. The lowest BCUT2D eigenvalue weighted by molar-refractivity contribution is -0.102. The van der Waals surface area contributed by atoms with Crippen LogP contribution in [0.4, 0.5) is 0 Å². The van der Waals surface area contributed by atoms with Gasteiger partial charge in [0.25, 0.3) is 0 Å². The zero-order valence-electron chi connectivity index (χ0n) is 4.48. The minimum Gasteiger partial charge on any atom is -0.369 e. The van der Waals surface area contributed by atoms with Gasteiger partial charge >= 0.3 is 0 Å². The second-order valence-electron chi connectivity index (χ2n) is 1.63. The fourth-order valence-corrected chi connectivity index (χ4v) is 0.541. The quantitative estimate of drug-likeness (QED) is 0.352. The first-order valence-corrected chi connectivity index (χ1v) is 2.39. The molecule has 0 aliphatic carbocycles. The van der Waals surface area contributed by atoms with Gasteiger partial charge in [-0.25, -0.2) is 4.99 Å². The predicted molar refractivity (Wildman–Crippen MR) is 28.6 cm³/mol. The van der Waals surface area contributed by atoms with E-state index in [4.69, 9.17) is 10.2 Å². The number of nitrogens with one attached hydrogen (secondary N) is 1. The Morgan fingerprint density at radius 2 is 2.33 bits per heavy atom. The maximum Gasteiger partial charge on any atom is 0.192 e. The molecule has 9 heavy (non-hydrogen) atoms. The van der Waals surface area contributed by atoms with Crippen LogP contribution in [0.2, 0.25) is 0 Å². The molecule has 1 aliphatic heterocycles. The molecule has 0 aromatic carbocycles. The zero-order valence-corrected chi connectivity index (χ0v) is 4.48. The monoisotopic (exact) mass is 130 g/mol. The molecule has 0 amide bonds. The molecule has 5 nitrogen and oxygen atoms in total. The molecule has 0 bridgehead atoms. The number of aliphatic hydroxyl groups is 2. The van der Waals surface area contributed by atoms with Gasteiger partial charge < -0.3 is 15.5 Å². The van der Waals surface area contributed by atoms with Crippen LogP contribution in [0.1, 0.15) is 0 Å². The van der Waals surface area contributed by atoms with Crippen molar-refractivity contribution in [2.24, 2.45) is 4.99 Å². The second kappa shape index (κ2) is 2.12. The van der Waals surface area contributed by atoms with Crippen LogP contribution in [-0.4, -0.2) is 34.8 Å². The average molecular weight is 130 g/mol. The van der Waals surface area contributed by atoms with Gasteiger partial charge in [0.15, 0.2) is 24.6 Å². The Hall–Kier alpha value is -0.940. The summed E-state index contributed by atoms with van der Waals surface area (Å²) in [5, 5.41) is 19.5. The molecule has 1 aliphatic rings. The Balaban J connectivity index is 2.62. The number of amidine groups is 1. The molecule has 1 heterocycles. The number of aliphatic hydroxyl groups excluding tert-OH is 2. The molecule has 0 radical (unpaired) electrons. The van der Waals surface area contributed by atoms with E-state index in [1.165, 1.54) is 0 Å². The third kappa shape index (κ3) is 1.06. The number of hydrogen-bond acceptors (Lipinski definition) is 5. The first-order valence-electron chi connectivity index (χ1n) is 2.39.